The van der Waals surface area contributed by atoms with Gasteiger partial charge in [0.15, 0.2) is 6.04 Å². The van der Waals surface area contributed by atoms with Crippen molar-refractivity contribution < 1.29 is 22.4 Å². The number of para-hydroxylation sites is 1. The largest absolute Gasteiger partial charge is 0.467 e. The monoisotopic (exact) mass is 410 g/mol. The van der Waals surface area contributed by atoms with E-state index in [2.05, 4.69) is 15.7 Å². The Morgan fingerprint density at radius 2 is 2.07 bits per heavy atom. The summed E-state index contributed by atoms with van der Waals surface area (Å²) in [7, 11) is 0. The van der Waals surface area contributed by atoms with Crippen molar-refractivity contribution in [3.63, 3.8) is 0 Å². The van der Waals surface area contributed by atoms with Gasteiger partial charge in [-0.3, -0.25) is 4.79 Å². The maximum atomic E-state index is 13.6. The molecule has 0 saturated heterocycles. The zero-order valence-electron chi connectivity index (χ0n) is 14.2. The maximum Gasteiger partial charge on any atom is 0.410 e. The number of rotatable bonds is 3. The minimum absolute atomic E-state index is 0.0228. The summed E-state index contributed by atoms with van der Waals surface area (Å²) in [6.07, 6.45) is -2.35. The van der Waals surface area contributed by atoms with Gasteiger partial charge in [-0.2, -0.15) is 18.3 Å². The third-order valence-electron chi connectivity index (χ3n) is 4.49. The molecule has 3 heterocycles. The van der Waals surface area contributed by atoms with Crippen molar-refractivity contribution in [1.29, 1.82) is 0 Å². The molecule has 0 radical (unpaired) electrons. The van der Waals surface area contributed by atoms with Crippen LogP contribution in [0.4, 0.5) is 24.7 Å². The SMILES string of the molecule is O=C(Nc1ccccc1Cl)c1cnn2c1NC(c1ccco1)CC2C(F)(F)F. The van der Waals surface area contributed by atoms with Gasteiger partial charge in [0.05, 0.1) is 29.2 Å². The first-order chi connectivity index (χ1) is 13.3. The molecule has 2 unspecified atom stereocenters. The van der Waals surface area contributed by atoms with Crippen molar-refractivity contribution in [3.05, 3.63) is 65.2 Å². The molecule has 28 heavy (non-hydrogen) atoms. The predicted octanol–water partition coefficient (Wildman–Crippen LogP) is 5.04. The molecule has 2 aromatic heterocycles. The lowest BCUT2D eigenvalue weighted by Crippen LogP contribution is -2.36. The Morgan fingerprint density at radius 3 is 2.75 bits per heavy atom. The summed E-state index contributed by atoms with van der Waals surface area (Å²) in [4.78, 5) is 12.7. The number of halogens is 4. The molecule has 1 amide bonds. The van der Waals surface area contributed by atoms with Gasteiger partial charge in [0.1, 0.15) is 17.1 Å². The Morgan fingerprint density at radius 1 is 1.29 bits per heavy atom. The summed E-state index contributed by atoms with van der Waals surface area (Å²) in [6.45, 7) is 0. The van der Waals surface area contributed by atoms with Crippen molar-refractivity contribution in [2.45, 2.75) is 24.7 Å². The molecule has 0 fully saturated rings. The molecule has 1 aliphatic rings. The number of carbonyl (C=O) groups excluding carboxylic acids is 1. The quantitative estimate of drug-likeness (QED) is 0.634. The Kier molecular flexibility index (Phi) is 4.54. The summed E-state index contributed by atoms with van der Waals surface area (Å²) in [5.74, 6) is -0.304. The number of fused-ring (bicyclic) bond motifs is 1. The molecule has 146 valence electrons. The summed E-state index contributed by atoms with van der Waals surface area (Å²) < 4.78 is 46.9. The average Bonchev–Trinajstić information content (AvgIpc) is 3.31. The van der Waals surface area contributed by atoms with E-state index in [1.807, 2.05) is 0 Å². The molecule has 0 aliphatic carbocycles. The Balaban J connectivity index is 1.70. The topological polar surface area (TPSA) is 72.1 Å². The fourth-order valence-electron chi connectivity index (χ4n) is 3.16. The Bertz CT molecular complexity index is 1000. The number of alkyl halides is 3. The molecular formula is C18H14ClF3N4O2. The molecule has 0 saturated carbocycles. The minimum atomic E-state index is -4.54. The van der Waals surface area contributed by atoms with Gasteiger partial charge in [0, 0.05) is 6.42 Å². The third-order valence-corrected chi connectivity index (χ3v) is 4.82. The van der Waals surface area contributed by atoms with E-state index < -0.39 is 24.2 Å². The van der Waals surface area contributed by atoms with Gasteiger partial charge in [-0.15, -0.1) is 0 Å². The van der Waals surface area contributed by atoms with Gasteiger partial charge in [-0.1, -0.05) is 23.7 Å². The van der Waals surface area contributed by atoms with Crippen LogP contribution in [-0.4, -0.2) is 21.9 Å². The summed E-state index contributed by atoms with van der Waals surface area (Å²) in [5, 5.41) is 9.67. The fourth-order valence-corrected chi connectivity index (χ4v) is 3.34. The zero-order valence-corrected chi connectivity index (χ0v) is 15.0. The molecule has 2 N–H and O–H groups in total. The van der Waals surface area contributed by atoms with Gasteiger partial charge in [-0.05, 0) is 24.3 Å². The molecule has 0 bridgehead atoms. The van der Waals surface area contributed by atoms with Crippen LogP contribution in [0.2, 0.25) is 5.02 Å². The van der Waals surface area contributed by atoms with E-state index in [9.17, 15) is 18.0 Å². The van der Waals surface area contributed by atoms with Gasteiger partial charge < -0.3 is 15.1 Å². The maximum absolute atomic E-state index is 13.6. The zero-order chi connectivity index (χ0) is 19.9. The van der Waals surface area contributed by atoms with E-state index in [-0.39, 0.29) is 17.8 Å². The van der Waals surface area contributed by atoms with Gasteiger partial charge >= 0.3 is 6.18 Å². The van der Waals surface area contributed by atoms with Crippen LogP contribution in [0.25, 0.3) is 0 Å². The second kappa shape index (κ2) is 6.90. The van der Waals surface area contributed by atoms with Crippen LogP contribution in [0.15, 0.2) is 53.3 Å². The molecule has 1 aromatic carbocycles. The molecule has 0 spiro atoms. The smallest absolute Gasteiger partial charge is 0.410 e. The molecule has 6 nitrogen and oxygen atoms in total. The highest BCUT2D eigenvalue weighted by Crippen LogP contribution is 2.44. The first-order valence-corrected chi connectivity index (χ1v) is 8.72. The number of benzene rings is 1. The third kappa shape index (κ3) is 3.33. The van der Waals surface area contributed by atoms with E-state index in [1.54, 1.807) is 36.4 Å². The number of hydrogen-bond acceptors (Lipinski definition) is 4. The summed E-state index contributed by atoms with van der Waals surface area (Å²) >= 11 is 6.03. The highest BCUT2D eigenvalue weighted by atomic mass is 35.5. The standard InChI is InChI=1S/C18H14ClF3N4O2/c19-11-4-1-2-5-12(11)25-17(27)10-9-23-26-15(18(20,21)22)8-13(24-16(10)26)14-6-3-7-28-14/h1-7,9,13,15,24H,8H2,(H,25,27). The van der Waals surface area contributed by atoms with Crippen molar-refractivity contribution in [2.75, 3.05) is 10.6 Å². The fraction of sp³-hybridized carbons (Fsp3) is 0.222. The Hall–Kier alpha value is -2.94. The van der Waals surface area contributed by atoms with Crippen molar-refractivity contribution in [1.82, 2.24) is 9.78 Å². The number of anilines is 2. The lowest BCUT2D eigenvalue weighted by Gasteiger charge is -2.32. The molecule has 10 heteroatoms. The number of amides is 1. The number of aromatic nitrogens is 2. The van der Waals surface area contributed by atoms with E-state index in [0.717, 1.165) is 10.9 Å². The van der Waals surface area contributed by atoms with Crippen LogP contribution in [-0.2, 0) is 0 Å². The van der Waals surface area contributed by atoms with E-state index in [1.165, 1.54) is 6.26 Å². The van der Waals surface area contributed by atoms with Gasteiger partial charge in [0.2, 0.25) is 0 Å². The second-order valence-corrected chi connectivity index (χ2v) is 6.70. The van der Waals surface area contributed by atoms with Crippen LogP contribution < -0.4 is 10.6 Å². The lowest BCUT2D eigenvalue weighted by molar-refractivity contribution is -0.174. The first kappa shape index (κ1) is 18.4. The number of furan rings is 1. The number of hydrogen-bond donors (Lipinski definition) is 2. The highest BCUT2D eigenvalue weighted by Gasteiger charge is 2.47. The number of nitrogens with one attached hydrogen (secondary N) is 2. The van der Waals surface area contributed by atoms with E-state index in [4.69, 9.17) is 16.0 Å². The molecule has 3 aromatic rings. The summed E-state index contributed by atoms with van der Waals surface area (Å²) in [5.41, 5.74) is 0.324. The van der Waals surface area contributed by atoms with Crippen LogP contribution >= 0.6 is 11.6 Å². The van der Waals surface area contributed by atoms with E-state index >= 15 is 0 Å². The van der Waals surface area contributed by atoms with Crippen molar-refractivity contribution >= 4 is 29.0 Å². The molecule has 2 atom stereocenters. The predicted molar refractivity (Wildman–Crippen MR) is 96.4 cm³/mol. The van der Waals surface area contributed by atoms with E-state index in [0.29, 0.717) is 16.5 Å². The minimum Gasteiger partial charge on any atom is -0.467 e. The number of nitrogens with zero attached hydrogens (tertiary/aromatic N) is 2. The van der Waals surface area contributed by atoms with Crippen molar-refractivity contribution in [3.8, 4) is 0 Å². The lowest BCUT2D eigenvalue weighted by atomic mass is 10.0. The summed E-state index contributed by atoms with van der Waals surface area (Å²) in [6, 6.07) is 7.10. The highest BCUT2D eigenvalue weighted by molar-refractivity contribution is 6.34. The second-order valence-electron chi connectivity index (χ2n) is 6.29. The molecular weight excluding hydrogens is 397 g/mol. The van der Waals surface area contributed by atoms with Crippen molar-refractivity contribution in [2.24, 2.45) is 0 Å². The normalized spacial score (nSPS) is 19.0. The van der Waals surface area contributed by atoms with Crippen LogP contribution in [0.5, 0.6) is 0 Å². The molecule has 1 aliphatic heterocycles. The first-order valence-electron chi connectivity index (χ1n) is 8.34. The van der Waals surface area contributed by atoms with Crippen LogP contribution in [0, 0.1) is 0 Å². The van der Waals surface area contributed by atoms with Crippen LogP contribution in [0.3, 0.4) is 0 Å². The van der Waals surface area contributed by atoms with Crippen LogP contribution in [0.1, 0.15) is 34.6 Å². The Labute approximate surface area is 162 Å². The van der Waals surface area contributed by atoms with Gasteiger partial charge in [0.25, 0.3) is 5.91 Å². The number of carbonyl (C=O) groups is 1. The molecule has 4 rings (SSSR count). The van der Waals surface area contributed by atoms with Gasteiger partial charge in [-0.25, -0.2) is 4.68 Å². The average molecular weight is 411 g/mol.